The van der Waals surface area contributed by atoms with Crippen LogP contribution in [0.25, 0.3) is 10.2 Å². The first-order chi connectivity index (χ1) is 16.8. The quantitative estimate of drug-likeness (QED) is 0.446. The maximum Gasteiger partial charge on any atom is 0.325 e. The number of hydrogen-bond acceptors (Lipinski definition) is 7. The van der Waals surface area contributed by atoms with Crippen molar-refractivity contribution in [3.05, 3.63) is 52.8 Å². The summed E-state index contributed by atoms with van der Waals surface area (Å²) in [7, 11) is -2.29. The van der Waals surface area contributed by atoms with Crippen LogP contribution in [0.2, 0.25) is 0 Å². The third-order valence-electron chi connectivity index (χ3n) is 5.73. The molecule has 0 radical (unpaired) electrons. The number of nitrogens with zero attached hydrogens (tertiary/aromatic N) is 3. The number of carbonyl (C=O) groups excluding carboxylic acids is 2. The largest absolute Gasteiger partial charge is 0.494 e. The predicted octanol–water partition coefficient (Wildman–Crippen LogP) is 3.19. The van der Waals surface area contributed by atoms with E-state index in [1.54, 1.807) is 10.6 Å². The van der Waals surface area contributed by atoms with Crippen molar-refractivity contribution in [3.8, 4) is 5.75 Å². The molecule has 0 atom stereocenters. The van der Waals surface area contributed by atoms with Gasteiger partial charge in [-0.15, -0.1) is 0 Å². The van der Waals surface area contributed by atoms with Gasteiger partial charge in [-0.3, -0.25) is 9.59 Å². The summed E-state index contributed by atoms with van der Waals surface area (Å²) in [6, 6.07) is 11.2. The van der Waals surface area contributed by atoms with Gasteiger partial charge in [-0.1, -0.05) is 17.8 Å². The average molecular weight is 518 g/mol. The highest BCUT2D eigenvalue weighted by Crippen LogP contribution is 2.24. The molecular weight excluding hydrogens is 490 g/mol. The van der Waals surface area contributed by atoms with Crippen LogP contribution < -0.4 is 9.54 Å². The number of carbonyl (C=O) groups is 2. The summed E-state index contributed by atoms with van der Waals surface area (Å²) in [5.74, 6) is -0.336. The van der Waals surface area contributed by atoms with Gasteiger partial charge in [0.05, 0.1) is 28.8 Å². The molecule has 2 heterocycles. The number of amides is 1. The number of esters is 1. The zero-order chi connectivity index (χ0) is 25.0. The highest BCUT2D eigenvalue weighted by Gasteiger charge is 2.26. The molecule has 2 aromatic carbocycles. The molecule has 9 nitrogen and oxygen atoms in total. The van der Waals surface area contributed by atoms with Gasteiger partial charge in [0, 0.05) is 18.7 Å². The van der Waals surface area contributed by atoms with Crippen LogP contribution in [0.5, 0.6) is 5.75 Å². The van der Waals surface area contributed by atoms with Crippen LogP contribution in [-0.2, 0) is 26.1 Å². The molecule has 0 bridgehead atoms. The molecule has 1 aliphatic heterocycles. The van der Waals surface area contributed by atoms with Gasteiger partial charge < -0.3 is 14.0 Å². The zero-order valence-corrected chi connectivity index (χ0v) is 21.2. The molecule has 35 heavy (non-hydrogen) atoms. The van der Waals surface area contributed by atoms with E-state index in [0.717, 1.165) is 29.5 Å². The Morgan fingerprint density at radius 1 is 1.06 bits per heavy atom. The van der Waals surface area contributed by atoms with Crippen molar-refractivity contribution >= 4 is 43.5 Å². The lowest BCUT2D eigenvalue weighted by Crippen LogP contribution is -2.35. The van der Waals surface area contributed by atoms with Gasteiger partial charge in [0.2, 0.25) is 10.0 Å². The topological polar surface area (TPSA) is 107 Å². The van der Waals surface area contributed by atoms with Gasteiger partial charge in [-0.05, 0) is 62.2 Å². The molecule has 0 saturated carbocycles. The Kier molecular flexibility index (Phi) is 7.68. The van der Waals surface area contributed by atoms with Crippen molar-refractivity contribution in [1.82, 2.24) is 8.87 Å². The molecule has 4 rings (SSSR count). The molecule has 11 heteroatoms. The Hall–Kier alpha value is -3.02. The van der Waals surface area contributed by atoms with Crippen molar-refractivity contribution in [1.29, 1.82) is 0 Å². The van der Waals surface area contributed by atoms with E-state index in [4.69, 9.17) is 9.47 Å². The minimum Gasteiger partial charge on any atom is -0.494 e. The van der Waals surface area contributed by atoms with Crippen molar-refractivity contribution in [3.63, 3.8) is 0 Å². The Morgan fingerprint density at radius 3 is 2.43 bits per heavy atom. The van der Waals surface area contributed by atoms with E-state index in [1.807, 2.05) is 19.1 Å². The van der Waals surface area contributed by atoms with Crippen LogP contribution >= 0.6 is 11.3 Å². The van der Waals surface area contributed by atoms with Gasteiger partial charge in [0.25, 0.3) is 5.91 Å². The molecule has 0 unspecified atom stereocenters. The molecule has 0 spiro atoms. The van der Waals surface area contributed by atoms with Crippen molar-refractivity contribution in [2.24, 2.45) is 4.99 Å². The molecule has 0 N–H and O–H groups in total. The van der Waals surface area contributed by atoms with E-state index < -0.39 is 21.9 Å². The summed E-state index contributed by atoms with van der Waals surface area (Å²) in [6.07, 6.45) is 2.73. The number of benzene rings is 2. The first kappa shape index (κ1) is 25.1. The van der Waals surface area contributed by atoms with Crippen molar-refractivity contribution in [2.75, 3.05) is 26.8 Å². The third kappa shape index (κ3) is 5.47. The first-order valence-corrected chi connectivity index (χ1v) is 13.6. The molecule has 1 fully saturated rings. The molecule has 0 aliphatic carbocycles. The molecule has 1 aromatic heterocycles. The van der Waals surface area contributed by atoms with E-state index in [9.17, 15) is 18.0 Å². The smallest absolute Gasteiger partial charge is 0.325 e. The minimum atomic E-state index is -3.59. The van der Waals surface area contributed by atoms with E-state index in [2.05, 4.69) is 4.99 Å². The Morgan fingerprint density at radius 2 is 1.77 bits per heavy atom. The van der Waals surface area contributed by atoms with Crippen LogP contribution in [0.4, 0.5) is 0 Å². The molecule has 1 amide bonds. The Bertz CT molecular complexity index is 1400. The van der Waals surface area contributed by atoms with Crippen LogP contribution in [-0.4, -0.2) is 56.0 Å². The highest BCUT2D eigenvalue weighted by atomic mass is 32.2. The monoisotopic (exact) mass is 517 g/mol. The van der Waals surface area contributed by atoms with Crippen LogP contribution in [0, 0.1) is 0 Å². The van der Waals surface area contributed by atoms with E-state index in [-0.39, 0.29) is 17.0 Å². The maximum atomic E-state index is 13.0. The number of methoxy groups -OCH3 is 1. The summed E-state index contributed by atoms with van der Waals surface area (Å²) in [6.45, 7) is 3.31. The molecular formula is C24H27N3O6S2. The number of rotatable bonds is 7. The maximum absolute atomic E-state index is 13.0. The minimum absolute atomic E-state index is 0.108. The zero-order valence-electron chi connectivity index (χ0n) is 19.6. The van der Waals surface area contributed by atoms with Gasteiger partial charge in [-0.2, -0.15) is 9.30 Å². The second kappa shape index (κ2) is 10.7. The number of thiazole rings is 1. The Labute approximate surface area is 207 Å². The van der Waals surface area contributed by atoms with E-state index >= 15 is 0 Å². The summed E-state index contributed by atoms with van der Waals surface area (Å²) in [5, 5.41) is 0. The van der Waals surface area contributed by atoms with Gasteiger partial charge >= 0.3 is 5.97 Å². The summed E-state index contributed by atoms with van der Waals surface area (Å²) in [5.41, 5.74) is 0.970. The second-order valence-corrected chi connectivity index (χ2v) is 11.0. The molecule has 3 aromatic rings. The highest BCUT2D eigenvalue weighted by molar-refractivity contribution is 7.89. The predicted molar refractivity (Wildman–Crippen MR) is 132 cm³/mol. The normalized spacial score (nSPS) is 15.3. The molecule has 1 saturated heterocycles. The Balaban J connectivity index is 1.67. The number of sulfonamides is 1. The average Bonchev–Trinajstić information content (AvgIpc) is 3.20. The fourth-order valence-corrected chi connectivity index (χ4v) is 6.49. The SMILES string of the molecule is CCOc1ccc2c(c1)sc(=NC(=O)c1ccc(S(=O)(=O)N3CCCCC3)cc1)n2CC(=O)OC. The standard InChI is InChI=1S/C24H27N3O6S2/c1-3-33-18-9-12-20-21(15-18)34-24(27(20)16-22(28)32-2)25-23(29)17-7-10-19(11-8-17)35(30,31)26-13-5-4-6-14-26/h7-12,15H,3-6,13-14,16H2,1-2H3. The second-order valence-electron chi connectivity index (χ2n) is 8.02. The van der Waals surface area contributed by atoms with Crippen molar-refractivity contribution in [2.45, 2.75) is 37.6 Å². The summed E-state index contributed by atoms with van der Waals surface area (Å²) >= 11 is 1.25. The number of ether oxygens (including phenoxy) is 2. The number of hydrogen-bond donors (Lipinski definition) is 0. The van der Waals surface area contributed by atoms with Crippen LogP contribution in [0.3, 0.4) is 0 Å². The summed E-state index contributed by atoms with van der Waals surface area (Å²) < 4.78 is 40.0. The van der Waals surface area contributed by atoms with Crippen LogP contribution in [0.1, 0.15) is 36.5 Å². The van der Waals surface area contributed by atoms with Gasteiger partial charge in [0.1, 0.15) is 12.3 Å². The third-order valence-corrected chi connectivity index (χ3v) is 8.69. The fraction of sp³-hybridized carbons (Fsp3) is 0.375. The first-order valence-electron chi connectivity index (χ1n) is 11.4. The van der Waals surface area contributed by atoms with Gasteiger partial charge in [0.15, 0.2) is 4.80 Å². The lowest BCUT2D eigenvalue weighted by Gasteiger charge is -2.25. The number of aromatic nitrogens is 1. The summed E-state index contributed by atoms with van der Waals surface area (Å²) in [4.78, 5) is 29.7. The molecule has 186 valence electrons. The van der Waals surface area contributed by atoms with Crippen LogP contribution in [0.15, 0.2) is 52.4 Å². The lowest BCUT2D eigenvalue weighted by atomic mass is 10.2. The van der Waals surface area contributed by atoms with E-state index in [0.29, 0.717) is 30.2 Å². The van der Waals surface area contributed by atoms with Crippen molar-refractivity contribution < 1.29 is 27.5 Å². The number of fused-ring (bicyclic) bond motifs is 1. The van der Waals surface area contributed by atoms with E-state index in [1.165, 1.54) is 47.0 Å². The number of piperidine rings is 1. The fourth-order valence-electron chi connectivity index (χ4n) is 3.92. The molecule has 1 aliphatic rings. The van der Waals surface area contributed by atoms with Gasteiger partial charge in [-0.25, -0.2) is 8.42 Å². The lowest BCUT2D eigenvalue weighted by molar-refractivity contribution is -0.141.